The molecule has 0 amide bonds. The number of halogens is 2. The molecular weight excluding hydrogens is 544 g/mol. The largest absolute Gasteiger partial charge is 0.494 e. The first-order valence-electron chi connectivity index (χ1n) is 10.0. The molecule has 2 aromatic rings. The Balaban J connectivity index is 2.09. The monoisotopic (exact) mass is 566 g/mol. The van der Waals surface area contributed by atoms with Gasteiger partial charge in [0.2, 0.25) is 0 Å². The first-order valence-corrected chi connectivity index (χ1v) is 11.6. The zero-order chi connectivity index (χ0) is 23.4. The summed E-state index contributed by atoms with van der Waals surface area (Å²) in [7, 11) is 4.70. The summed E-state index contributed by atoms with van der Waals surface area (Å²) in [5.41, 5.74) is 2.47. The van der Waals surface area contributed by atoms with Gasteiger partial charge in [0.05, 0.1) is 36.9 Å². The van der Waals surface area contributed by atoms with Gasteiger partial charge in [-0.25, -0.2) is 0 Å². The fraction of sp³-hybridized carbons (Fsp3) is 0.333. The van der Waals surface area contributed by atoms with E-state index < -0.39 is 17.8 Å². The van der Waals surface area contributed by atoms with E-state index in [0.717, 1.165) is 25.6 Å². The normalized spacial score (nSPS) is 18.1. The van der Waals surface area contributed by atoms with Crippen LogP contribution in [0.15, 0.2) is 45.4 Å². The van der Waals surface area contributed by atoms with Gasteiger partial charge in [0.1, 0.15) is 11.7 Å². The van der Waals surface area contributed by atoms with Crippen LogP contribution in [-0.4, -0.2) is 39.7 Å². The maximum absolute atomic E-state index is 13.2. The Labute approximate surface area is 204 Å². The molecule has 0 aliphatic heterocycles. The number of hydrogen-bond acceptors (Lipinski definition) is 6. The van der Waals surface area contributed by atoms with Crippen molar-refractivity contribution in [3.8, 4) is 17.2 Å². The highest BCUT2D eigenvalue weighted by molar-refractivity contribution is 9.11. The standard InChI is InChI=1S/C24H24Br2O6/c1-5-32-24(28)22-16(13-6-7-20(29-2)21(12-13)30-3)8-14(11-19(22)27)15-9-17(25)23(31-4)18(26)10-15/h6-7,9-12,16,22H,5,8H2,1-4H3. The van der Waals surface area contributed by atoms with Gasteiger partial charge in [-0.1, -0.05) is 6.07 Å². The third-order valence-electron chi connectivity index (χ3n) is 5.41. The van der Waals surface area contributed by atoms with E-state index >= 15 is 0 Å². The van der Waals surface area contributed by atoms with Crippen molar-refractivity contribution in [1.29, 1.82) is 0 Å². The number of ketones is 1. The number of methoxy groups -OCH3 is 3. The Morgan fingerprint density at radius 2 is 1.66 bits per heavy atom. The predicted octanol–water partition coefficient (Wildman–Crippen LogP) is 5.56. The van der Waals surface area contributed by atoms with Crippen molar-refractivity contribution in [2.45, 2.75) is 19.3 Å². The summed E-state index contributed by atoms with van der Waals surface area (Å²) in [6, 6.07) is 9.25. The molecule has 32 heavy (non-hydrogen) atoms. The number of esters is 1. The van der Waals surface area contributed by atoms with E-state index in [0.29, 0.717) is 23.7 Å². The maximum atomic E-state index is 13.2. The summed E-state index contributed by atoms with van der Waals surface area (Å²) >= 11 is 7.04. The van der Waals surface area contributed by atoms with Crippen molar-refractivity contribution in [2.75, 3.05) is 27.9 Å². The molecule has 3 rings (SSSR count). The third-order valence-corrected chi connectivity index (χ3v) is 6.59. The molecule has 0 spiro atoms. The number of rotatable bonds is 7. The van der Waals surface area contributed by atoms with Gasteiger partial charge in [-0.2, -0.15) is 0 Å². The van der Waals surface area contributed by atoms with Gasteiger partial charge in [-0.15, -0.1) is 0 Å². The van der Waals surface area contributed by atoms with Crippen molar-refractivity contribution < 1.29 is 28.5 Å². The molecule has 0 radical (unpaired) electrons. The second-order valence-electron chi connectivity index (χ2n) is 7.20. The van der Waals surface area contributed by atoms with Gasteiger partial charge < -0.3 is 18.9 Å². The molecule has 0 N–H and O–H groups in total. The van der Waals surface area contributed by atoms with E-state index in [2.05, 4.69) is 31.9 Å². The van der Waals surface area contributed by atoms with E-state index in [4.69, 9.17) is 18.9 Å². The molecule has 0 bridgehead atoms. The predicted molar refractivity (Wildman–Crippen MR) is 128 cm³/mol. The first-order chi connectivity index (χ1) is 15.3. The maximum Gasteiger partial charge on any atom is 0.317 e. The lowest BCUT2D eigenvalue weighted by atomic mass is 9.73. The molecule has 2 aromatic carbocycles. The average molecular weight is 568 g/mol. The van der Waals surface area contributed by atoms with Crippen LogP contribution in [0.2, 0.25) is 0 Å². The van der Waals surface area contributed by atoms with Crippen LogP contribution in [-0.2, 0) is 14.3 Å². The van der Waals surface area contributed by atoms with Gasteiger partial charge in [-0.05, 0) is 92.2 Å². The second-order valence-corrected chi connectivity index (χ2v) is 8.91. The Morgan fingerprint density at radius 1 is 1.00 bits per heavy atom. The van der Waals surface area contributed by atoms with Crippen LogP contribution >= 0.6 is 31.9 Å². The van der Waals surface area contributed by atoms with Crippen molar-refractivity contribution in [3.63, 3.8) is 0 Å². The molecule has 2 unspecified atom stereocenters. The topological polar surface area (TPSA) is 71.1 Å². The minimum Gasteiger partial charge on any atom is -0.494 e. The van der Waals surface area contributed by atoms with E-state index in [1.54, 1.807) is 40.4 Å². The molecule has 2 atom stereocenters. The Bertz CT molecular complexity index is 1040. The summed E-state index contributed by atoms with van der Waals surface area (Å²) in [6.45, 7) is 1.93. The molecular formula is C24H24Br2O6. The van der Waals surface area contributed by atoms with Crippen LogP contribution in [0.3, 0.4) is 0 Å². The highest BCUT2D eigenvalue weighted by Crippen LogP contribution is 2.44. The summed E-state index contributed by atoms with van der Waals surface area (Å²) in [6.07, 6.45) is 2.01. The molecule has 0 heterocycles. The van der Waals surface area contributed by atoms with Crippen LogP contribution in [0.1, 0.15) is 30.4 Å². The van der Waals surface area contributed by atoms with Crippen molar-refractivity contribution in [1.82, 2.24) is 0 Å². The van der Waals surface area contributed by atoms with E-state index in [1.165, 1.54) is 0 Å². The van der Waals surface area contributed by atoms with Gasteiger partial charge in [0.25, 0.3) is 0 Å². The fourth-order valence-electron chi connectivity index (χ4n) is 3.92. The lowest BCUT2D eigenvalue weighted by Crippen LogP contribution is -2.34. The number of benzene rings is 2. The van der Waals surface area contributed by atoms with Crippen LogP contribution in [0, 0.1) is 5.92 Å². The van der Waals surface area contributed by atoms with Crippen molar-refractivity contribution in [2.24, 2.45) is 5.92 Å². The highest BCUT2D eigenvalue weighted by atomic mass is 79.9. The summed E-state index contributed by atoms with van der Waals surface area (Å²) in [5, 5.41) is 0. The van der Waals surface area contributed by atoms with Crippen molar-refractivity contribution >= 4 is 49.2 Å². The molecule has 0 aromatic heterocycles. The van der Waals surface area contributed by atoms with Crippen molar-refractivity contribution in [3.05, 3.63) is 56.5 Å². The molecule has 1 aliphatic rings. The van der Waals surface area contributed by atoms with Crippen LogP contribution in [0.5, 0.6) is 17.2 Å². The minimum absolute atomic E-state index is 0.205. The Morgan fingerprint density at radius 3 is 2.22 bits per heavy atom. The zero-order valence-corrected chi connectivity index (χ0v) is 21.4. The molecule has 0 saturated heterocycles. The summed E-state index contributed by atoms with van der Waals surface area (Å²) in [4.78, 5) is 25.9. The van der Waals surface area contributed by atoms with Crippen LogP contribution in [0.25, 0.3) is 5.57 Å². The zero-order valence-electron chi connectivity index (χ0n) is 18.2. The molecule has 8 heteroatoms. The van der Waals surface area contributed by atoms with Gasteiger partial charge in [0.15, 0.2) is 17.3 Å². The van der Waals surface area contributed by atoms with E-state index in [-0.39, 0.29) is 12.4 Å². The van der Waals surface area contributed by atoms with Gasteiger partial charge in [-0.3, -0.25) is 9.59 Å². The number of carbonyl (C=O) groups is 2. The molecule has 1 aliphatic carbocycles. The molecule has 0 saturated carbocycles. The highest BCUT2D eigenvalue weighted by Gasteiger charge is 2.40. The first kappa shape index (κ1) is 24.3. The minimum atomic E-state index is -0.929. The Hall–Kier alpha value is -2.32. The Kier molecular flexibility index (Phi) is 8.00. The number of allylic oxidation sites excluding steroid dienone is 2. The summed E-state index contributed by atoms with van der Waals surface area (Å²) in [5.74, 6) is -0.381. The molecule has 0 fully saturated rings. The van der Waals surface area contributed by atoms with Crippen LogP contribution in [0.4, 0.5) is 0 Å². The summed E-state index contributed by atoms with van der Waals surface area (Å²) < 4.78 is 22.9. The third kappa shape index (κ3) is 4.86. The number of ether oxygens (including phenoxy) is 4. The number of hydrogen-bond donors (Lipinski definition) is 0. The smallest absolute Gasteiger partial charge is 0.317 e. The van der Waals surface area contributed by atoms with E-state index in [1.807, 2.05) is 24.3 Å². The lowest BCUT2D eigenvalue weighted by molar-refractivity contribution is -0.151. The SMILES string of the molecule is CCOC(=O)C1C(=O)C=C(c2cc(Br)c(OC)c(Br)c2)CC1c1ccc(OC)c(OC)c1. The molecule has 6 nitrogen and oxygen atoms in total. The second kappa shape index (κ2) is 10.5. The fourth-order valence-corrected chi connectivity index (χ4v) is 5.43. The van der Waals surface area contributed by atoms with Gasteiger partial charge in [0, 0.05) is 5.92 Å². The quantitative estimate of drug-likeness (QED) is 0.322. The lowest BCUT2D eigenvalue weighted by Gasteiger charge is -2.30. The van der Waals surface area contributed by atoms with Crippen LogP contribution < -0.4 is 14.2 Å². The molecule has 170 valence electrons. The number of carbonyl (C=O) groups excluding carboxylic acids is 2. The van der Waals surface area contributed by atoms with E-state index in [9.17, 15) is 9.59 Å². The average Bonchev–Trinajstić information content (AvgIpc) is 2.77. The van der Waals surface area contributed by atoms with Gasteiger partial charge >= 0.3 is 5.97 Å².